The predicted octanol–water partition coefficient (Wildman–Crippen LogP) is -0.504. The maximum atomic E-state index is 12.0. The van der Waals surface area contributed by atoms with Gasteiger partial charge in [-0.15, -0.1) is 0 Å². The maximum absolute atomic E-state index is 12.0. The van der Waals surface area contributed by atoms with Crippen LogP contribution in [0, 0.1) is 0 Å². The molecule has 0 saturated carbocycles. The molecular formula is C16H22N4O10. The second kappa shape index (κ2) is 11.6. The number of rotatable bonds is 8. The summed E-state index contributed by atoms with van der Waals surface area (Å²) in [6.45, 7) is 3.33. The van der Waals surface area contributed by atoms with Gasteiger partial charge in [-0.1, -0.05) is 5.11 Å². The van der Waals surface area contributed by atoms with Gasteiger partial charge in [-0.2, -0.15) is 0 Å². The summed E-state index contributed by atoms with van der Waals surface area (Å²) in [5.41, 5.74) is 8.34. The molecule has 0 aromatic carbocycles. The number of azide groups is 1. The van der Waals surface area contributed by atoms with Crippen LogP contribution in [0.5, 0.6) is 0 Å². The molecule has 0 radical (unpaired) electrons. The van der Waals surface area contributed by atoms with Crippen molar-refractivity contribution in [3.05, 3.63) is 10.4 Å². The molecule has 1 saturated heterocycles. The molecule has 1 heterocycles. The molecule has 0 spiro atoms. The van der Waals surface area contributed by atoms with Crippen LogP contribution in [-0.2, 0) is 47.7 Å². The van der Waals surface area contributed by atoms with Gasteiger partial charge in [-0.3, -0.25) is 24.0 Å². The van der Waals surface area contributed by atoms with E-state index in [1.165, 1.54) is 0 Å². The largest absolute Gasteiger partial charge is 0.463 e. The summed E-state index contributed by atoms with van der Waals surface area (Å²) in [5.74, 6) is -3.86. The van der Waals surface area contributed by atoms with E-state index < -0.39 is 73.6 Å². The lowest BCUT2D eigenvalue weighted by Crippen LogP contribution is -2.66. The number of esters is 4. The molecule has 1 aliphatic rings. The fourth-order valence-electron chi connectivity index (χ4n) is 2.64. The Morgan fingerprint density at radius 2 is 1.43 bits per heavy atom. The van der Waals surface area contributed by atoms with E-state index in [1.54, 1.807) is 0 Å². The average molecular weight is 430 g/mol. The first-order valence-corrected chi connectivity index (χ1v) is 8.65. The molecule has 5 atom stereocenters. The molecule has 14 nitrogen and oxygen atoms in total. The fraction of sp³-hybridized carbons (Fsp3) is 0.688. The first-order valence-electron chi connectivity index (χ1n) is 8.65. The molecule has 166 valence electrons. The van der Waals surface area contributed by atoms with Crippen molar-refractivity contribution < 1.29 is 47.7 Å². The molecule has 1 aliphatic heterocycles. The van der Waals surface area contributed by atoms with Crippen molar-refractivity contribution in [1.29, 1.82) is 0 Å². The summed E-state index contributed by atoms with van der Waals surface area (Å²) >= 11 is 0. The van der Waals surface area contributed by atoms with Gasteiger partial charge in [0, 0.05) is 32.6 Å². The Morgan fingerprint density at radius 3 is 1.93 bits per heavy atom. The van der Waals surface area contributed by atoms with Crippen LogP contribution in [0.15, 0.2) is 5.11 Å². The van der Waals surface area contributed by atoms with Gasteiger partial charge in [0.05, 0.1) is 0 Å². The first kappa shape index (κ1) is 24.7. The summed E-state index contributed by atoms with van der Waals surface area (Å²) < 4.78 is 26.1. The zero-order valence-electron chi connectivity index (χ0n) is 16.7. The minimum absolute atomic E-state index is 0.430. The predicted molar refractivity (Wildman–Crippen MR) is 94.1 cm³/mol. The molecule has 0 bridgehead atoms. The highest BCUT2D eigenvalue weighted by molar-refractivity contribution is 5.78. The Labute approximate surface area is 170 Å². The van der Waals surface area contributed by atoms with E-state index in [9.17, 15) is 24.0 Å². The van der Waals surface area contributed by atoms with Crippen molar-refractivity contribution in [2.24, 2.45) is 5.11 Å². The number of carbonyl (C=O) groups is 5. The fourth-order valence-corrected chi connectivity index (χ4v) is 2.64. The lowest BCUT2D eigenvalue weighted by Gasteiger charge is -2.44. The molecular weight excluding hydrogens is 408 g/mol. The highest BCUT2D eigenvalue weighted by atomic mass is 16.7. The normalized spacial score (nSPS) is 25.1. The highest BCUT2D eigenvalue weighted by Gasteiger charge is 2.52. The molecule has 0 unspecified atom stereocenters. The summed E-state index contributed by atoms with van der Waals surface area (Å²) in [7, 11) is 0. The molecule has 0 aliphatic carbocycles. The van der Waals surface area contributed by atoms with E-state index in [0.29, 0.717) is 0 Å². The number of hydrogen-bond donors (Lipinski definition) is 1. The van der Waals surface area contributed by atoms with Crippen LogP contribution in [0.2, 0.25) is 0 Å². The summed E-state index contributed by atoms with van der Waals surface area (Å²) in [5, 5.41) is 5.43. The lowest BCUT2D eigenvalue weighted by atomic mass is 9.97. The van der Waals surface area contributed by atoms with Crippen LogP contribution < -0.4 is 5.32 Å². The van der Waals surface area contributed by atoms with Gasteiger partial charge in [0.15, 0.2) is 24.5 Å². The SMILES string of the molecule is CC(=O)OC[C@H]1O[C@@H](NC(=O)CN=[N+]=[N-])[C@H](OC(C)=O)[C@@H](OC(C)=O)[C@H]1OC(C)=O. The van der Waals surface area contributed by atoms with E-state index in [1.807, 2.05) is 0 Å². The first-order chi connectivity index (χ1) is 14.0. The Kier molecular flexibility index (Phi) is 9.52. The summed E-state index contributed by atoms with van der Waals surface area (Å²) in [4.78, 5) is 60.5. The monoisotopic (exact) mass is 430 g/mol. The van der Waals surface area contributed by atoms with Crippen LogP contribution in [0.25, 0.3) is 10.4 Å². The van der Waals surface area contributed by atoms with Crippen molar-refractivity contribution in [2.75, 3.05) is 13.2 Å². The summed E-state index contributed by atoms with van der Waals surface area (Å²) in [6.07, 6.45) is -6.78. The molecule has 14 heteroatoms. The van der Waals surface area contributed by atoms with E-state index >= 15 is 0 Å². The minimum atomic E-state index is -1.43. The molecule has 0 aromatic heterocycles. The highest BCUT2D eigenvalue weighted by Crippen LogP contribution is 2.28. The van der Waals surface area contributed by atoms with E-state index in [2.05, 4.69) is 15.3 Å². The molecule has 1 amide bonds. The number of amides is 1. The van der Waals surface area contributed by atoms with Gasteiger partial charge in [0.1, 0.15) is 19.3 Å². The van der Waals surface area contributed by atoms with Crippen LogP contribution in [0.3, 0.4) is 0 Å². The van der Waals surface area contributed by atoms with Crippen LogP contribution >= 0.6 is 0 Å². The maximum Gasteiger partial charge on any atom is 0.303 e. The van der Waals surface area contributed by atoms with Crippen LogP contribution in [0.1, 0.15) is 27.7 Å². The molecule has 1 fully saturated rings. The number of ether oxygens (including phenoxy) is 5. The minimum Gasteiger partial charge on any atom is -0.463 e. The summed E-state index contributed by atoms with van der Waals surface area (Å²) in [6, 6.07) is 0. The Hall–Kier alpha value is -3.38. The topological polar surface area (TPSA) is 192 Å². The van der Waals surface area contributed by atoms with Crippen molar-refractivity contribution in [2.45, 2.75) is 58.3 Å². The quantitative estimate of drug-likeness (QED) is 0.172. The van der Waals surface area contributed by atoms with Crippen LogP contribution in [0.4, 0.5) is 0 Å². The van der Waals surface area contributed by atoms with Crippen molar-refractivity contribution in [3.63, 3.8) is 0 Å². The van der Waals surface area contributed by atoms with Gasteiger partial charge in [-0.25, -0.2) is 0 Å². The average Bonchev–Trinajstić information content (AvgIpc) is 2.62. The third-order valence-corrected chi connectivity index (χ3v) is 3.57. The molecule has 30 heavy (non-hydrogen) atoms. The number of carbonyl (C=O) groups excluding carboxylic acids is 5. The third kappa shape index (κ3) is 7.93. The van der Waals surface area contributed by atoms with Gasteiger partial charge >= 0.3 is 23.9 Å². The number of hydrogen-bond acceptors (Lipinski definition) is 11. The van der Waals surface area contributed by atoms with Crippen molar-refractivity contribution in [3.8, 4) is 0 Å². The van der Waals surface area contributed by atoms with Gasteiger partial charge < -0.3 is 29.0 Å². The smallest absolute Gasteiger partial charge is 0.303 e. The molecule has 1 rings (SSSR count). The van der Waals surface area contributed by atoms with E-state index in [0.717, 1.165) is 27.7 Å². The zero-order valence-corrected chi connectivity index (χ0v) is 16.7. The lowest BCUT2D eigenvalue weighted by molar-refractivity contribution is -0.256. The molecule has 1 N–H and O–H groups in total. The molecule has 0 aromatic rings. The van der Waals surface area contributed by atoms with Crippen molar-refractivity contribution >= 4 is 29.8 Å². The Bertz CT molecular complexity index is 736. The number of nitrogens with one attached hydrogen (secondary N) is 1. The third-order valence-electron chi connectivity index (χ3n) is 3.57. The second-order valence-corrected chi connectivity index (χ2v) is 6.08. The number of nitrogens with zero attached hydrogens (tertiary/aromatic N) is 3. The van der Waals surface area contributed by atoms with Gasteiger partial charge in [0.2, 0.25) is 5.91 Å². The zero-order chi connectivity index (χ0) is 22.8. The van der Waals surface area contributed by atoms with Gasteiger partial charge in [-0.05, 0) is 5.53 Å². The second-order valence-electron chi connectivity index (χ2n) is 6.08. The Morgan fingerprint density at radius 1 is 0.900 bits per heavy atom. The standard InChI is InChI=1S/C16H22N4O10/c1-7(21)26-6-11-13(27-8(2)22)14(28-9(3)23)15(29-10(4)24)16(30-11)19-12(25)5-18-20-17/h11,13-16H,5-6H2,1-4H3,(H,19,25)/t11-,13+,14+,15-,16-/m1/s1. The van der Waals surface area contributed by atoms with Crippen molar-refractivity contribution in [1.82, 2.24) is 5.32 Å². The van der Waals surface area contributed by atoms with E-state index in [-0.39, 0.29) is 0 Å². The van der Waals surface area contributed by atoms with E-state index in [4.69, 9.17) is 29.2 Å². The van der Waals surface area contributed by atoms with Gasteiger partial charge in [0.25, 0.3) is 0 Å². The Balaban J connectivity index is 3.31. The van der Waals surface area contributed by atoms with Crippen LogP contribution in [-0.4, -0.2) is 73.6 Å².